The summed E-state index contributed by atoms with van der Waals surface area (Å²) in [5, 5.41) is 3.06. The van der Waals surface area contributed by atoms with Crippen LogP contribution in [0.15, 0.2) is 36.4 Å². The smallest absolute Gasteiger partial charge is 0.224 e. The van der Waals surface area contributed by atoms with Gasteiger partial charge in [-0.05, 0) is 68.0 Å². The molecule has 2 aromatic carbocycles. The van der Waals surface area contributed by atoms with Gasteiger partial charge in [-0.2, -0.15) is 0 Å². The molecule has 6 heteroatoms. The van der Waals surface area contributed by atoms with E-state index in [0.717, 1.165) is 35.5 Å². The van der Waals surface area contributed by atoms with Gasteiger partial charge in [0.25, 0.3) is 0 Å². The van der Waals surface area contributed by atoms with Gasteiger partial charge in [-0.25, -0.2) is 0 Å². The number of ether oxygens (including phenoxy) is 4. The lowest BCUT2D eigenvalue weighted by atomic mass is 10.1. The third-order valence-electron chi connectivity index (χ3n) is 5.63. The molecule has 6 nitrogen and oxygen atoms in total. The van der Waals surface area contributed by atoms with E-state index in [1.807, 2.05) is 43.3 Å². The number of fused-ring (bicyclic) bond motifs is 1. The number of nitrogens with one attached hydrogen (secondary N) is 1. The molecule has 0 bridgehead atoms. The Bertz CT molecular complexity index is 891. The Kier molecular flexibility index (Phi) is 6.31. The quantitative estimate of drug-likeness (QED) is 0.739. The molecule has 0 unspecified atom stereocenters. The highest BCUT2D eigenvalue weighted by molar-refractivity contribution is 5.79. The minimum absolute atomic E-state index is 0.0515. The molecule has 1 heterocycles. The summed E-state index contributed by atoms with van der Waals surface area (Å²) in [5.41, 5.74) is 1.86. The van der Waals surface area contributed by atoms with Gasteiger partial charge in [-0.1, -0.05) is 12.1 Å². The van der Waals surface area contributed by atoms with Gasteiger partial charge in [-0.3, -0.25) is 4.79 Å². The highest BCUT2D eigenvalue weighted by Crippen LogP contribution is 2.34. The van der Waals surface area contributed by atoms with Crippen LogP contribution < -0.4 is 24.3 Å². The maximum atomic E-state index is 12.6. The normalized spacial score (nSPS) is 16.7. The molecule has 1 saturated carbocycles. The maximum absolute atomic E-state index is 12.6. The summed E-state index contributed by atoms with van der Waals surface area (Å²) in [4.78, 5) is 12.6. The van der Waals surface area contributed by atoms with Gasteiger partial charge in [0.05, 0.1) is 25.7 Å². The molecule has 1 atom stereocenters. The molecule has 2 aromatic rings. The molecule has 0 aromatic heterocycles. The summed E-state index contributed by atoms with van der Waals surface area (Å²) in [5.74, 6) is 2.84. The fourth-order valence-corrected chi connectivity index (χ4v) is 4.00. The summed E-state index contributed by atoms with van der Waals surface area (Å²) >= 11 is 0. The zero-order chi connectivity index (χ0) is 20.9. The Morgan fingerprint density at radius 1 is 1.07 bits per heavy atom. The lowest BCUT2D eigenvalue weighted by Crippen LogP contribution is -2.28. The van der Waals surface area contributed by atoms with E-state index < -0.39 is 0 Å². The van der Waals surface area contributed by atoms with Gasteiger partial charge >= 0.3 is 0 Å². The number of benzene rings is 2. The van der Waals surface area contributed by atoms with Crippen LogP contribution in [0.2, 0.25) is 0 Å². The van der Waals surface area contributed by atoms with Crippen LogP contribution in [0.25, 0.3) is 0 Å². The van der Waals surface area contributed by atoms with Crippen LogP contribution in [0, 0.1) is 0 Å². The Morgan fingerprint density at radius 2 is 1.83 bits per heavy atom. The van der Waals surface area contributed by atoms with Gasteiger partial charge in [0.1, 0.15) is 13.2 Å². The van der Waals surface area contributed by atoms with Gasteiger partial charge in [0, 0.05) is 0 Å². The first-order valence-electron chi connectivity index (χ1n) is 10.6. The average Bonchev–Trinajstić information content (AvgIpc) is 3.27. The third kappa shape index (κ3) is 4.81. The Labute approximate surface area is 177 Å². The zero-order valence-electron chi connectivity index (χ0n) is 17.6. The van der Waals surface area contributed by atoms with Crippen molar-refractivity contribution in [1.29, 1.82) is 0 Å². The number of methoxy groups -OCH3 is 1. The molecule has 160 valence electrons. The van der Waals surface area contributed by atoms with Crippen molar-refractivity contribution in [2.45, 2.75) is 51.2 Å². The van der Waals surface area contributed by atoms with Crippen molar-refractivity contribution >= 4 is 5.91 Å². The van der Waals surface area contributed by atoms with Crippen molar-refractivity contribution in [3.8, 4) is 23.0 Å². The van der Waals surface area contributed by atoms with E-state index in [4.69, 9.17) is 18.9 Å². The zero-order valence-corrected chi connectivity index (χ0v) is 17.6. The minimum atomic E-state index is -0.149. The minimum Gasteiger partial charge on any atom is -0.493 e. The molecule has 1 aliphatic heterocycles. The second-order valence-corrected chi connectivity index (χ2v) is 7.88. The van der Waals surface area contributed by atoms with Crippen LogP contribution >= 0.6 is 0 Å². The first-order chi connectivity index (χ1) is 14.6. The molecule has 0 radical (unpaired) electrons. The number of hydrogen-bond acceptors (Lipinski definition) is 5. The number of carbonyl (C=O) groups is 1. The van der Waals surface area contributed by atoms with E-state index in [2.05, 4.69) is 5.32 Å². The first-order valence-corrected chi connectivity index (χ1v) is 10.6. The predicted molar refractivity (Wildman–Crippen MR) is 114 cm³/mol. The highest BCUT2D eigenvalue weighted by atomic mass is 16.6. The van der Waals surface area contributed by atoms with Crippen LogP contribution in [-0.2, 0) is 11.2 Å². The fraction of sp³-hybridized carbons (Fsp3) is 0.458. The van der Waals surface area contributed by atoms with Crippen molar-refractivity contribution in [3.05, 3.63) is 47.5 Å². The van der Waals surface area contributed by atoms with Gasteiger partial charge in [0.15, 0.2) is 23.0 Å². The number of rotatable bonds is 7. The molecule has 0 spiro atoms. The molecule has 1 aliphatic carbocycles. The molecule has 2 aliphatic rings. The number of amides is 1. The summed E-state index contributed by atoms with van der Waals surface area (Å²) in [7, 11) is 1.64. The van der Waals surface area contributed by atoms with Crippen LogP contribution in [0.4, 0.5) is 0 Å². The third-order valence-corrected chi connectivity index (χ3v) is 5.63. The summed E-state index contributed by atoms with van der Waals surface area (Å²) in [6.07, 6.45) is 5.18. The Balaban J connectivity index is 1.37. The highest BCUT2D eigenvalue weighted by Gasteiger charge is 2.20. The van der Waals surface area contributed by atoms with Crippen LogP contribution in [0.3, 0.4) is 0 Å². The van der Waals surface area contributed by atoms with Gasteiger partial charge < -0.3 is 24.3 Å². The molecular formula is C24H29NO5. The monoisotopic (exact) mass is 411 g/mol. The van der Waals surface area contributed by atoms with E-state index in [9.17, 15) is 4.79 Å². The first kappa shape index (κ1) is 20.4. The lowest BCUT2D eigenvalue weighted by molar-refractivity contribution is -0.121. The van der Waals surface area contributed by atoms with Crippen LogP contribution in [-0.4, -0.2) is 32.3 Å². The SMILES string of the molecule is COc1cc([C@@H](C)NC(=O)Cc2ccc3c(c2)OCCO3)ccc1OC1CCCC1. The van der Waals surface area contributed by atoms with E-state index in [0.29, 0.717) is 24.7 Å². The van der Waals surface area contributed by atoms with E-state index >= 15 is 0 Å². The molecule has 1 N–H and O–H groups in total. The maximum Gasteiger partial charge on any atom is 0.224 e. The average molecular weight is 411 g/mol. The molecule has 4 rings (SSSR count). The van der Waals surface area contributed by atoms with Crippen molar-refractivity contribution in [1.82, 2.24) is 5.32 Å². The standard InChI is InChI=1S/C24H29NO5/c1-16(18-8-10-21(22(15-18)27-2)30-19-5-3-4-6-19)25-24(26)14-17-7-9-20-23(13-17)29-12-11-28-20/h7-10,13,15-16,19H,3-6,11-12,14H2,1-2H3,(H,25,26)/t16-/m1/s1. The molecule has 0 saturated heterocycles. The van der Waals surface area contributed by atoms with E-state index in [1.165, 1.54) is 12.8 Å². The van der Waals surface area contributed by atoms with Crippen LogP contribution in [0.1, 0.15) is 49.8 Å². The Hall–Kier alpha value is -2.89. The second kappa shape index (κ2) is 9.28. The summed E-state index contributed by atoms with van der Waals surface area (Å²) in [6, 6.07) is 11.3. The molecular weight excluding hydrogens is 382 g/mol. The number of hydrogen-bond donors (Lipinski definition) is 1. The summed E-state index contributed by atoms with van der Waals surface area (Å²) in [6.45, 7) is 3.05. The Morgan fingerprint density at radius 3 is 2.60 bits per heavy atom. The molecule has 1 amide bonds. The van der Waals surface area contributed by atoms with Crippen molar-refractivity contribution in [2.75, 3.05) is 20.3 Å². The molecule has 1 fully saturated rings. The largest absolute Gasteiger partial charge is 0.493 e. The molecule has 30 heavy (non-hydrogen) atoms. The van der Waals surface area contributed by atoms with E-state index in [-0.39, 0.29) is 24.5 Å². The second-order valence-electron chi connectivity index (χ2n) is 7.88. The van der Waals surface area contributed by atoms with Crippen molar-refractivity contribution in [3.63, 3.8) is 0 Å². The number of carbonyl (C=O) groups excluding carboxylic acids is 1. The van der Waals surface area contributed by atoms with E-state index in [1.54, 1.807) is 7.11 Å². The fourth-order valence-electron chi connectivity index (χ4n) is 4.00. The van der Waals surface area contributed by atoms with Gasteiger partial charge in [0.2, 0.25) is 5.91 Å². The van der Waals surface area contributed by atoms with Crippen LogP contribution in [0.5, 0.6) is 23.0 Å². The van der Waals surface area contributed by atoms with Crippen molar-refractivity contribution in [2.24, 2.45) is 0 Å². The predicted octanol–water partition coefficient (Wildman–Crippen LogP) is 4.21. The summed E-state index contributed by atoms with van der Waals surface area (Å²) < 4.78 is 22.8. The van der Waals surface area contributed by atoms with Crippen molar-refractivity contribution < 1.29 is 23.7 Å². The lowest BCUT2D eigenvalue weighted by Gasteiger charge is -2.20. The van der Waals surface area contributed by atoms with Gasteiger partial charge in [-0.15, -0.1) is 0 Å². The topological polar surface area (TPSA) is 66.0 Å².